The lowest BCUT2D eigenvalue weighted by atomic mass is 10.3. The zero-order valence-corrected chi connectivity index (χ0v) is 11.3. The molecule has 2 N–H and O–H groups in total. The molecule has 4 heteroatoms. The van der Waals surface area contributed by atoms with Crippen molar-refractivity contribution in [2.75, 3.05) is 24.7 Å². The standard InChI is InChI=1S/C13H21NO2S/c1-3-15-12-4-6-13(7-5-12)16-8-9-17-10-11(2)14/h4-7,11H,3,8-10,14H2,1-2H3. The van der Waals surface area contributed by atoms with Crippen LogP contribution in [0.25, 0.3) is 0 Å². The van der Waals surface area contributed by atoms with Gasteiger partial charge >= 0.3 is 0 Å². The van der Waals surface area contributed by atoms with Gasteiger partial charge in [-0.2, -0.15) is 11.8 Å². The smallest absolute Gasteiger partial charge is 0.119 e. The van der Waals surface area contributed by atoms with E-state index in [1.165, 1.54) is 0 Å². The topological polar surface area (TPSA) is 44.5 Å². The Morgan fingerprint density at radius 3 is 2.29 bits per heavy atom. The zero-order valence-electron chi connectivity index (χ0n) is 10.5. The van der Waals surface area contributed by atoms with Crippen LogP contribution in [0, 0.1) is 0 Å². The highest BCUT2D eigenvalue weighted by Crippen LogP contribution is 2.17. The van der Waals surface area contributed by atoms with Crippen molar-refractivity contribution in [2.24, 2.45) is 5.73 Å². The Hall–Kier alpha value is -0.870. The number of hydrogen-bond acceptors (Lipinski definition) is 4. The van der Waals surface area contributed by atoms with E-state index in [1.807, 2.05) is 49.9 Å². The molecule has 1 aromatic rings. The maximum absolute atomic E-state index is 5.66. The van der Waals surface area contributed by atoms with Crippen molar-refractivity contribution >= 4 is 11.8 Å². The molecule has 0 saturated heterocycles. The molecule has 1 atom stereocenters. The van der Waals surface area contributed by atoms with Crippen LogP contribution in [0.3, 0.4) is 0 Å². The summed E-state index contributed by atoms with van der Waals surface area (Å²) in [5.74, 6) is 3.71. The van der Waals surface area contributed by atoms with E-state index >= 15 is 0 Å². The number of rotatable bonds is 8. The molecule has 0 aliphatic rings. The first-order chi connectivity index (χ1) is 8.22. The summed E-state index contributed by atoms with van der Waals surface area (Å²) in [6.45, 7) is 5.39. The average Bonchev–Trinajstić information content (AvgIpc) is 2.31. The van der Waals surface area contributed by atoms with Crippen LogP contribution < -0.4 is 15.2 Å². The Balaban J connectivity index is 2.18. The van der Waals surface area contributed by atoms with Gasteiger partial charge in [0.25, 0.3) is 0 Å². The fourth-order valence-corrected chi connectivity index (χ4v) is 2.03. The first-order valence-electron chi connectivity index (χ1n) is 5.91. The molecule has 1 aromatic carbocycles. The molecule has 0 fully saturated rings. The van der Waals surface area contributed by atoms with E-state index in [-0.39, 0.29) is 6.04 Å². The molecule has 0 spiro atoms. The Kier molecular flexibility index (Phi) is 6.89. The quantitative estimate of drug-likeness (QED) is 0.725. The molecule has 0 radical (unpaired) electrons. The molecule has 0 saturated carbocycles. The predicted molar refractivity (Wildman–Crippen MR) is 74.1 cm³/mol. The number of hydrogen-bond donors (Lipinski definition) is 1. The predicted octanol–water partition coefficient (Wildman–Crippen LogP) is 2.54. The van der Waals surface area contributed by atoms with E-state index < -0.39 is 0 Å². The number of nitrogens with two attached hydrogens (primary N) is 1. The third-order valence-corrected chi connectivity index (χ3v) is 3.23. The summed E-state index contributed by atoms with van der Waals surface area (Å²) in [6.07, 6.45) is 0. The average molecular weight is 255 g/mol. The van der Waals surface area contributed by atoms with Crippen molar-refractivity contribution < 1.29 is 9.47 Å². The monoisotopic (exact) mass is 255 g/mol. The third kappa shape index (κ3) is 6.44. The van der Waals surface area contributed by atoms with Gasteiger partial charge < -0.3 is 15.2 Å². The van der Waals surface area contributed by atoms with Gasteiger partial charge in [-0.15, -0.1) is 0 Å². The normalized spacial score (nSPS) is 12.2. The molecular formula is C13H21NO2S. The maximum atomic E-state index is 5.66. The minimum absolute atomic E-state index is 0.255. The van der Waals surface area contributed by atoms with Gasteiger partial charge in [0.2, 0.25) is 0 Å². The third-order valence-electron chi connectivity index (χ3n) is 2.01. The van der Waals surface area contributed by atoms with Crippen LogP contribution in [-0.4, -0.2) is 30.8 Å². The summed E-state index contributed by atoms with van der Waals surface area (Å²) >= 11 is 1.82. The first-order valence-corrected chi connectivity index (χ1v) is 7.07. The van der Waals surface area contributed by atoms with Crippen molar-refractivity contribution in [3.63, 3.8) is 0 Å². The maximum Gasteiger partial charge on any atom is 0.119 e. The molecule has 0 aliphatic heterocycles. The van der Waals surface area contributed by atoms with Crippen LogP contribution >= 0.6 is 11.8 Å². The molecule has 0 bridgehead atoms. The van der Waals surface area contributed by atoms with Gasteiger partial charge in [-0.3, -0.25) is 0 Å². The van der Waals surface area contributed by atoms with E-state index in [4.69, 9.17) is 15.2 Å². The van der Waals surface area contributed by atoms with Crippen molar-refractivity contribution in [1.82, 2.24) is 0 Å². The summed E-state index contributed by atoms with van der Waals surface area (Å²) in [7, 11) is 0. The number of thioether (sulfide) groups is 1. The fraction of sp³-hybridized carbons (Fsp3) is 0.538. The highest BCUT2D eigenvalue weighted by molar-refractivity contribution is 7.99. The minimum atomic E-state index is 0.255. The lowest BCUT2D eigenvalue weighted by Crippen LogP contribution is -2.18. The van der Waals surface area contributed by atoms with Crippen molar-refractivity contribution in [2.45, 2.75) is 19.9 Å². The molecular weight excluding hydrogens is 234 g/mol. The van der Waals surface area contributed by atoms with Crippen LogP contribution in [0.15, 0.2) is 24.3 Å². The highest BCUT2D eigenvalue weighted by atomic mass is 32.2. The van der Waals surface area contributed by atoms with Crippen molar-refractivity contribution in [3.8, 4) is 11.5 Å². The Labute approximate surface area is 108 Å². The summed E-state index contributed by atoms with van der Waals surface area (Å²) in [6, 6.07) is 7.97. The molecule has 17 heavy (non-hydrogen) atoms. The minimum Gasteiger partial charge on any atom is -0.494 e. The summed E-state index contributed by atoms with van der Waals surface area (Å²) in [4.78, 5) is 0. The lowest BCUT2D eigenvalue weighted by Gasteiger charge is -2.08. The zero-order chi connectivity index (χ0) is 12.5. The molecule has 96 valence electrons. The fourth-order valence-electron chi connectivity index (χ4n) is 1.29. The van der Waals surface area contributed by atoms with Crippen LogP contribution in [0.5, 0.6) is 11.5 Å². The number of ether oxygens (including phenoxy) is 2. The molecule has 0 amide bonds. The van der Waals surface area contributed by atoms with Crippen LogP contribution in [0.1, 0.15) is 13.8 Å². The molecule has 0 aliphatic carbocycles. The van der Waals surface area contributed by atoms with E-state index in [0.29, 0.717) is 13.2 Å². The lowest BCUT2D eigenvalue weighted by molar-refractivity contribution is 0.332. The van der Waals surface area contributed by atoms with Crippen LogP contribution in [0.4, 0.5) is 0 Å². The summed E-state index contributed by atoms with van der Waals surface area (Å²) < 4.78 is 11.0. The number of benzene rings is 1. The van der Waals surface area contributed by atoms with Crippen LogP contribution in [-0.2, 0) is 0 Å². The van der Waals surface area contributed by atoms with Gasteiger partial charge in [-0.1, -0.05) is 0 Å². The van der Waals surface area contributed by atoms with Gasteiger partial charge in [0.05, 0.1) is 13.2 Å². The van der Waals surface area contributed by atoms with E-state index in [0.717, 1.165) is 23.0 Å². The van der Waals surface area contributed by atoms with Gasteiger partial charge in [0.1, 0.15) is 11.5 Å². The second-order valence-corrected chi connectivity index (χ2v) is 4.95. The van der Waals surface area contributed by atoms with Gasteiger partial charge in [0, 0.05) is 17.5 Å². The largest absolute Gasteiger partial charge is 0.494 e. The van der Waals surface area contributed by atoms with Gasteiger partial charge in [-0.05, 0) is 38.1 Å². The molecule has 0 heterocycles. The second-order valence-electron chi connectivity index (χ2n) is 3.81. The van der Waals surface area contributed by atoms with Gasteiger partial charge in [0.15, 0.2) is 0 Å². The van der Waals surface area contributed by atoms with E-state index in [1.54, 1.807) is 0 Å². The molecule has 1 rings (SSSR count). The SMILES string of the molecule is CCOc1ccc(OCCSCC(C)N)cc1. The second kappa shape index (κ2) is 8.25. The molecule has 3 nitrogen and oxygen atoms in total. The van der Waals surface area contributed by atoms with Gasteiger partial charge in [-0.25, -0.2) is 0 Å². The van der Waals surface area contributed by atoms with Crippen molar-refractivity contribution in [3.05, 3.63) is 24.3 Å². The Morgan fingerprint density at radius 2 is 1.76 bits per heavy atom. The Bertz CT molecular complexity index is 301. The van der Waals surface area contributed by atoms with Crippen molar-refractivity contribution in [1.29, 1.82) is 0 Å². The first kappa shape index (κ1) is 14.2. The Morgan fingerprint density at radius 1 is 1.18 bits per heavy atom. The molecule has 0 aromatic heterocycles. The highest BCUT2D eigenvalue weighted by Gasteiger charge is 1.97. The van der Waals surface area contributed by atoms with Crippen LogP contribution in [0.2, 0.25) is 0 Å². The van der Waals surface area contributed by atoms with E-state index in [9.17, 15) is 0 Å². The van der Waals surface area contributed by atoms with E-state index in [2.05, 4.69) is 0 Å². The summed E-state index contributed by atoms with van der Waals surface area (Å²) in [5.41, 5.74) is 5.66. The summed E-state index contributed by atoms with van der Waals surface area (Å²) in [5, 5.41) is 0. The molecule has 1 unspecified atom stereocenters.